The van der Waals surface area contributed by atoms with Crippen molar-refractivity contribution in [3.8, 4) is 5.75 Å². The summed E-state index contributed by atoms with van der Waals surface area (Å²) in [6, 6.07) is 3.31. The fraction of sp³-hybridized carbons (Fsp3) is 0.250. The van der Waals surface area contributed by atoms with Crippen LogP contribution >= 0.6 is 47.8 Å². The number of carboxylic acid groups (broad SMARTS) is 1. The van der Waals surface area contributed by atoms with E-state index >= 15 is 0 Å². The van der Waals surface area contributed by atoms with Crippen LogP contribution in [-0.2, 0) is 9.53 Å². The van der Waals surface area contributed by atoms with E-state index in [2.05, 4.69) is 52.5 Å². The summed E-state index contributed by atoms with van der Waals surface area (Å²) in [5.74, 6) is -14.3. The van der Waals surface area contributed by atoms with Gasteiger partial charge in [0.2, 0.25) is 17.4 Å². The van der Waals surface area contributed by atoms with E-state index in [1.807, 2.05) is 0 Å². The number of carboxylic acids is 1. The molecule has 0 aromatic heterocycles. The molecule has 33 heavy (non-hydrogen) atoms. The Hall–Kier alpha value is -1.99. The molecular weight excluding hydrogens is 652 g/mol. The van der Waals surface area contributed by atoms with Crippen molar-refractivity contribution in [1.29, 1.82) is 0 Å². The molecule has 6 nitrogen and oxygen atoms in total. The maximum Gasteiger partial charge on any atom is 0.341 e. The lowest BCUT2D eigenvalue weighted by atomic mass is 10.1. The molecule has 0 radical (unpaired) electrons. The molecule has 0 bridgehead atoms. The number of rotatable bonds is 9. The molecule has 1 N–H and O–H groups in total. The predicted molar refractivity (Wildman–Crippen MR) is 117 cm³/mol. The quantitative estimate of drug-likeness (QED) is 0.108. The van der Waals surface area contributed by atoms with Crippen molar-refractivity contribution in [2.24, 2.45) is 0 Å². The number of benzene rings is 2. The second-order valence-electron chi connectivity index (χ2n) is 6.44. The van der Waals surface area contributed by atoms with Gasteiger partial charge in [-0.05, 0) is 63.3 Å². The zero-order valence-corrected chi connectivity index (χ0v) is 21.1. The SMILES string of the molecule is O=C(CCCCCOC(=O)c1cc(Br)cc(Br)c1Br)Oc1c(F)c(F)c(C(=O)O)c(F)c1F. The highest BCUT2D eigenvalue weighted by atomic mass is 79.9. The first-order valence-electron chi connectivity index (χ1n) is 9.07. The van der Waals surface area contributed by atoms with Crippen LogP contribution in [0.1, 0.15) is 46.4 Å². The Kier molecular flexibility index (Phi) is 9.85. The van der Waals surface area contributed by atoms with Gasteiger partial charge in [0.05, 0.1) is 12.2 Å². The number of halogens is 7. The van der Waals surface area contributed by atoms with Gasteiger partial charge in [-0.3, -0.25) is 4.79 Å². The van der Waals surface area contributed by atoms with E-state index in [9.17, 15) is 31.9 Å². The van der Waals surface area contributed by atoms with Crippen molar-refractivity contribution in [2.75, 3.05) is 6.61 Å². The summed E-state index contributed by atoms with van der Waals surface area (Å²) >= 11 is 9.83. The summed E-state index contributed by atoms with van der Waals surface area (Å²) in [5, 5.41) is 8.63. The summed E-state index contributed by atoms with van der Waals surface area (Å²) in [4.78, 5) is 34.6. The topological polar surface area (TPSA) is 89.9 Å². The summed E-state index contributed by atoms with van der Waals surface area (Å²) in [6.45, 7) is 0.0286. The van der Waals surface area contributed by atoms with Crippen molar-refractivity contribution in [3.63, 3.8) is 0 Å². The minimum Gasteiger partial charge on any atom is -0.477 e. The van der Waals surface area contributed by atoms with Gasteiger partial charge < -0.3 is 14.6 Å². The van der Waals surface area contributed by atoms with Crippen LogP contribution in [0.25, 0.3) is 0 Å². The zero-order valence-electron chi connectivity index (χ0n) is 16.3. The second-order valence-corrected chi connectivity index (χ2v) is 9.00. The highest BCUT2D eigenvalue weighted by Gasteiger charge is 2.31. The summed E-state index contributed by atoms with van der Waals surface area (Å²) < 4.78 is 66.3. The molecular formula is C20H13Br3F4O6. The van der Waals surface area contributed by atoms with Gasteiger partial charge in [0.25, 0.3) is 0 Å². The van der Waals surface area contributed by atoms with Gasteiger partial charge in [-0.1, -0.05) is 15.9 Å². The number of aromatic carboxylic acids is 1. The third-order valence-electron chi connectivity index (χ3n) is 4.12. The monoisotopic (exact) mass is 662 g/mol. The van der Waals surface area contributed by atoms with Crippen molar-refractivity contribution in [3.05, 3.63) is 59.9 Å². The molecule has 2 aromatic rings. The Morgan fingerprint density at radius 2 is 1.48 bits per heavy atom. The molecule has 0 unspecified atom stereocenters. The lowest BCUT2D eigenvalue weighted by Gasteiger charge is -2.10. The molecule has 0 atom stereocenters. The van der Waals surface area contributed by atoms with Gasteiger partial charge >= 0.3 is 17.9 Å². The first kappa shape index (κ1) is 27.3. The van der Waals surface area contributed by atoms with Crippen LogP contribution in [0.5, 0.6) is 5.75 Å². The van der Waals surface area contributed by atoms with E-state index in [-0.39, 0.29) is 25.0 Å². The van der Waals surface area contributed by atoms with Crippen LogP contribution in [0.4, 0.5) is 17.6 Å². The van der Waals surface area contributed by atoms with Gasteiger partial charge in [-0.25, -0.2) is 18.4 Å². The van der Waals surface area contributed by atoms with Crippen LogP contribution in [0, 0.1) is 23.3 Å². The van der Waals surface area contributed by atoms with Crippen molar-refractivity contribution in [2.45, 2.75) is 25.7 Å². The fourth-order valence-electron chi connectivity index (χ4n) is 2.55. The molecule has 178 valence electrons. The number of hydrogen-bond donors (Lipinski definition) is 1. The molecule has 0 spiro atoms. The van der Waals surface area contributed by atoms with E-state index in [0.717, 1.165) is 0 Å². The first-order chi connectivity index (χ1) is 15.5. The van der Waals surface area contributed by atoms with Crippen LogP contribution < -0.4 is 4.74 Å². The number of esters is 2. The minimum atomic E-state index is -2.22. The molecule has 0 saturated carbocycles. The normalized spacial score (nSPS) is 10.8. The van der Waals surface area contributed by atoms with Crippen molar-refractivity contribution in [1.82, 2.24) is 0 Å². The third kappa shape index (κ3) is 6.76. The number of carbonyl (C=O) groups excluding carboxylic acids is 2. The Morgan fingerprint density at radius 3 is 2.06 bits per heavy atom. The number of ether oxygens (including phenoxy) is 2. The molecule has 0 aliphatic heterocycles. The number of carbonyl (C=O) groups is 3. The van der Waals surface area contributed by atoms with Gasteiger partial charge in [-0.15, -0.1) is 0 Å². The Bertz CT molecular complexity index is 1080. The smallest absolute Gasteiger partial charge is 0.341 e. The van der Waals surface area contributed by atoms with E-state index in [0.29, 0.717) is 26.3 Å². The average molecular weight is 665 g/mol. The van der Waals surface area contributed by atoms with Crippen molar-refractivity contribution < 1.29 is 46.5 Å². The summed E-state index contributed by atoms with van der Waals surface area (Å²) in [7, 11) is 0. The van der Waals surface area contributed by atoms with Crippen molar-refractivity contribution >= 4 is 65.7 Å². The molecule has 2 aromatic carbocycles. The fourth-order valence-corrected chi connectivity index (χ4v) is 4.17. The van der Waals surface area contributed by atoms with Crippen LogP contribution in [0.2, 0.25) is 0 Å². The molecule has 0 saturated heterocycles. The standard InChI is InChI=1S/C20H13Br3F4O6/c21-8-6-9(13(23)10(22)7-8)20(31)32-5-3-1-2-4-11(28)33-18-16(26)14(24)12(19(29)30)15(25)17(18)27/h6-7H,1-5H2,(H,29,30). The molecule has 0 aliphatic rings. The average Bonchev–Trinajstić information content (AvgIpc) is 2.74. The molecule has 0 heterocycles. The van der Waals surface area contributed by atoms with E-state index in [1.165, 1.54) is 0 Å². The lowest BCUT2D eigenvalue weighted by Crippen LogP contribution is -2.15. The van der Waals surface area contributed by atoms with Gasteiger partial charge in [0, 0.05) is 19.8 Å². The highest BCUT2D eigenvalue weighted by molar-refractivity contribution is 9.13. The molecule has 0 aliphatic carbocycles. The molecule has 0 amide bonds. The largest absolute Gasteiger partial charge is 0.477 e. The van der Waals surface area contributed by atoms with Crippen LogP contribution in [-0.4, -0.2) is 29.6 Å². The van der Waals surface area contributed by atoms with Crippen LogP contribution in [0.3, 0.4) is 0 Å². The molecule has 2 rings (SSSR count). The van der Waals surface area contributed by atoms with E-state index in [4.69, 9.17) is 9.84 Å². The summed E-state index contributed by atoms with van der Waals surface area (Å²) in [6.07, 6.45) is 0.507. The highest BCUT2D eigenvalue weighted by Crippen LogP contribution is 2.32. The minimum absolute atomic E-state index is 0.0286. The number of hydrogen-bond acceptors (Lipinski definition) is 5. The van der Waals surface area contributed by atoms with Gasteiger partial charge in [0.15, 0.2) is 11.6 Å². The molecule has 0 fully saturated rings. The Labute approximate surface area is 209 Å². The predicted octanol–water partition coefficient (Wildman–Crippen LogP) is 6.55. The van der Waals surface area contributed by atoms with Gasteiger partial charge in [0.1, 0.15) is 5.56 Å². The number of unbranched alkanes of at least 4 members (excludes halogenated alkanes) is 2. The second kappa shape index (κ2) is 11.9. The van der Waals surface area contributed by atoms with Gasteiger partial charge in [-0.2, -0.15) is 8.78 Å². The lowest BCUT2D eigenvalue weighted by molar-refractivity contribution is -0.135. The van der Waals surface area contributed by atoms with E-state index in [1.54, 1.807) is 12.1 Å². The van der Waals surface area contributed by atoms with E-state index < -0.39 is 52.5 Å². The maximum atomic E-state index is 13.8. The maximum absolute atomic E-state index is 13.8. The summed E-state index contributed by atoms with van der Waals surface area (Å²) in [5.41, 5.74) is -1.54. The third-order valence-corrected chi connectivity index (χ3v) is 6.59. The zero-order chi connectivity index (χ0) is 24.9. The molecule has 13 heteroatoms. The Balaban J connectivity index is 1.83. The Morgan fingerprint density at radius 1 is 0.879 bits per heavy atom. The van der Waals surface area contributed by atoms with Crippen LogP contribution in [0.15, 0.2) is 25.6 Å². The first-order valence-corrected chi connectivity index (χ1v) is 11.4.